The predicted molar refractivity (Wildman–Crippen MR) is 79.9 cm³/mol. The molecular weight excluding hydrogens is 274 g/mol. The molecule has 20 heavy (non-hydrogen) atoms. The summed E-state index contributed by atoms with van der Waals surface area (Å²) in [4.78, 5) is 18.1. The van der Waals surface area contributed by atoms with Crippen molar-refractivity contribution in [2.75, 3.05) is 13.1 Å². The number of ether oxygens (including phenoxy) is 1. The minimum Gasteiger partial charge on any atom is -0.444 e. The quantitative estimate of drug-likeness (QED) is 0.932. The topological polar surface area (TPSA) is 54.5 Å². The minimum atomic E-state index is -0.434. The summed E-state index contributed by atoms with van der Waals surface area (Å²) in [7, 11) is 0. The zero-order valence-electron chi connectivity index (χ0n) is 12.5. The van der Waals surface area contributed by atoms with Crippen LogP contribution in [-0.4, -0.2) is 40.7 Å². The van der Waals surface area contributed by atoms with Crippen molar-refractivity contribution in [3.8, 4) is 0 Å². The molecule has 1 aliphatic heterocycles. The standard InChI is InChI=1S/C14H23N3O2S/c1-10(12-15-6-8-20-12)16-11-5-7-17(9-11)13(18)19-14(2,3)4/h6,8,10-11,16H,5,7,9H2,1-4H3/t10?,11-/m1/s1. The zero-order valence-corrected chi connectivity index (χ0v) is 13.4. The zero-order chi connectivity index (χ0) is 14.8. The van der Waals surface area contributed by atoms with Crippen LogP contribution in [0.2, 0.25) is 0 Å². The van der Waals surface area contributed by atoms with Crippen LogP contribution in [-0.2, 0) is 4.74 Å². The minimum absolute atomic E-state index is 0.219. The Kier molecular flexibility index (Phi) is 4.65. The van der Waals surface area contributed by atoms with E-state index in [1.54, 1.807) is 16.2 Å². The molecule has 1 amide bonds. The molecule has 0 spiro atoms. The number of carbonyl (C=O) groups excluding carboxylic acids is 1. The van der Waals surface area contributed by atoms with Crippen LogP contribution < -0.4 is 5.32 Å². The van der Waals surface area contributed by atoms with Gasteiger partial charge in [0.1, 0.15) is 10.6 Å². The number of nitrogens with one attached hydrogen (secondary N) is 1. The van der Waals surface area contributed by atoms with Crippen molar-refractivity contribution in [3.63, 3.8) is 0 Å². The highest BCUT2D eigenvalue weighted by molar-refractivity contribution is 7.09. The van der Waals surface area contributed by atoms with E-state index < -0.39 is 5.60 Å². The molecule has 2 atom stereocenters. The van der Waals surface area contributed by atoms with Gasteiger partial charge in [0.2, 0.25) is 0 Å². The lowest BCUT2D eigenvalue weighted by atomic mass is 10.2. The Morgan fingerprint density at radius 1 is 1.60 bits per heavy atom. The van der Waals surface area contributed by atoms with Crippen molar-refractivity contribution in [1.29, 1.82) is 0 Å². The number of hydrogen-bond acceptors (Lipinski definition) is 5. The van der Waals surface area contributed by atoms with Gasteiger partial charge >= 0.3 is 6.09 Å². The van der Waals surface area contributed by atoms with Gasteiger partial charge in [-0.05, 0) is 34.1 Å². The summed E-state index contributed by atoms with van der Waals surface area (Å²) in [6, 6.07) is 0.528. The van der Waals surface area contributed by atoms with Crippen LogP contribution in [0.5, 0.6) is 0 Å². The third-order valence-electron chi connectivity index (χ3n) is 3.15. The van der Waals surface area contributed by atoms with Gasteiger partial charge in [0.25, 0.3) is 0 Å². The highest BCUT2D eigenvalue weighted by atomic mass is 32.1. The lowest BCUT2D eigenvalue weighted by Gasteiger charge is -2.24. The lowest BCUT2D eigenvalue weighted by Crippen LogP contribution is -2.38. The van der Waals surface area contributed by atoms with Crippen molar-refractivity contribution in [2.24, 2.45) is 0 Å². The molecule has 1 aromatic rings. The van der Waals surface area contributed by atoms with Crippen molar-refractivity contribution >= 4 is 17.4 Å². The average Bonchev–Trinajstić information content (AvgIpc) is 2.97. The summed E-state index contributed by atoms with van der Waals surface area (Å²) in [6.45, 7) is 9.22. The maximum absolute atomic E-state index is 12.0. The Labute approximate surface area is 124 Å². The van der Waals surface area contributed by atoms with Gasteiger partial charge in [-0.3, -0.25) is 0 Å². The molecule has 0 radical (unpaired) electrons. The van der Waals surface area contributed by atoms with E-state index in [9.17, 15) is 4.79 Å². The Balaban J connectivity index is 1.82. The normalized spacial score (nSPS) is 21.0. The van der Waals surface area contributed by atoms with Gasteiger partial charge in [0.15, 0.2) is 0 Å². The maximum Gasteiger partial charge on any atom is 0.410 e. The van der Waals surface area contributed by atoms with Crippen molar-refractivity contribution < 1.29 is 9.53 Å². The fourth-order valence-corrected chi connectivity index (χ4v) is 2.92. The van der Waals surface area contributed by atoms with Gasteiger partial charge in [0, 0.05) is 30.7 Å². The third-order valence-corrected chi connectivity index (χ3v) is 4.11. The number of likely N-dealkylation sites (tertiary alicyclic amines) is 1. The molecule has 1 N–H and O–H groups in total. The monoisotopic (exact) mass is 297 g/mol. The van der Waals surface area contributed by atoms with Gasteiger partial charge in [-0.15, -0.1) is 11.3 Å². The van der Waals surface area contributed by atoms with Crippen LogP contribution in [0.15, 0.2) is 11.6 Å². The van der Waals surface area contributed by atoms with Crippen molar-refractivity contribution in [3.05, 3.63) is 16.6 Å². The number of amides is 1. The second-order valence-corrected chi connectivity index (χ2v) is 7.10. The third kappa shape index (κ3) is 4.18. The first kappa shape index (κ1) is 15.3. The molecule has 1 aliphatic rings. The van der Waals surface area contributed by atoms with Gasteiger partial charge in [0.05, 0.1) is 6.04 Å². The smallest absolute Gasteiger partial charge is 0.410 e. The molecule has 0 aromatic carbocycles. The summed E-state index contributed by atoms with van der Waals surface area (Å²) in [6.07, 6.45) is 2.55. The molecular formula is C14H23N3O2S. The molecule has 5 nitrogen and oxygen atoms in total. The lowest BCUT2D eigenvalue weighted by molar-refractivity contribution is 0.0290. The Bertz CT molecular complexity index is 442. The Hall–Kier alpha value is -1.14. The van der Waals surface area contributed by atoms with E-state index in [2.05, 4.69) is 17.2 Å². The summed E-state index contributed by atoms with van der Waals surface area (Å²) < 4.78 is 5.40. The van der Waals surface area contributed by atoms with Gasteiger partial charge in [-0.25, -0.2) is 9.78 Å². The van der Waals surface area contributed by atoms with Crippen molar-refractivity contribution in [2.45, 2.75) is 51.8 Å². The number of hydrogen-bond donors (Lipinski definition) is 1. The van der Waals surface area contributed by atoms with E-state index in [-0.39, 0.29) is 12.1 Å². The number of rotatable bonds is 3. The highest BCUT2D eigenvalue weighted by Gasteiger charge is 2.30. The van der Waals surface area contributed by atoms with E-state index in [0.29, 0.717) is 12.6 Å². The molecule has 0 saturated carbocycles. The van der Waals surface area contributed by atoms with E-state index in [0.717, 1.165) is 18.0 Å². The Morgan fingerprint density at radius 3 is 2.95 bits per heavy atom. The van der Waals surface area contributed by atoms with E-state index in [4.69, 9.17) is 4.74 Å². The largest absolute Gasteiger partial charge is 0.444 e. The molecule has 1 saturated heterocycles. The molecule has 0 aliphatic carbocycles. The first-order valence-electron chi connectivity index (χ1n) is 6.98. The predicted octanol–water partition coefficient (Wildman–Crippen LogP) is 2.80. The van der Waals surface area contributed by atoms with Crippen LogP contribution >= 0.6 is 11.3 Å². The molecule has 6 heteroatoms. The molecule has 1 unspecified atom stereocenters. The number of carbonyl (C=O) groups is 1. The van der Waals surface area contributed by atoms with E-state index in [1.165, 1.54) is 0 Å². The summed E-state index contributed by atoms with van der Waals surface area (Å²) in [5.74, 6) is 0. The van der Waals surface area contributed by atoms with Gasteiger partial charge in [-0.2, -0.15) is 0 Å². The van der Waals surface area contributed by atoms with E-state index in [1.807, 2.05) is 32.3 Å². The fourth-order valence-electron chi connectivity index (χ4n) is 2.26. The van der Waals surface area contributed by atoms with Crippen LogP contribution in [0.4, 0.5) is 4.79 Å². The first-order valence-corrected chi connectivity index (χ1v) is 7.86. The fraction of sp³-hybridized carbons (Fsp3) is 0.714. The second-order valence-electron chi connectivity index (χ2n) is 6.17. The highest BCUT2D eigenvalue weighted by Crippen LogP contribution is 2.20. The van der Waals surface area contributed by atoms with Crippen LogP contribution in [0.3, 0.4) is 0 Å². The molecule has 112 valence electrons. The maximum atomic E-state index is 12.0. The van der Waals surface area contributed by atoms with Gasteiger partial charge < -0.3 is 15.0 Å². The average molecular weight is 297 g/mol. The summed E-state index contributed by atoms with van der Waals surface area (Å²) in [5, 5.41) is 6.59. The Morgan fingerprint density at radius 2 is 2.35 bits per heavy atom. The van der Waals surface area contributed by atoms with Gasteiger partial charge in [-0.1, -0.05) is 0 Å². The van der Waals surface area contributed by atoms with Crippen LogP contribution in [0.25, 0.3) is 0 Å². The molecule has 1 aromatic heterocycles. The van der Waals surface area contributed by atoms with Crippen molar-refractivity contribution in [1.82, 2.24) is 15.2 Å². The number of thiazole rings is 1. The molecule has 1 fully saturated rings. The first-order chi connectivity index (χ1) is 9.35. The summed E-state index contributed by atoms with van der Waals surface area (Å²) in [5.41, 5.74) is -0.434. The second kappa shape index (κ2) is 6.10. The number of nitrogens with zero attached hydrogens (tertiary/aromatic N) is 2. The SMILES string of the molecule is CC(N[C@@H]1CCN(C(=O)OC(C)(C)C)C1)c1nccs1. The van der Waals surface area contributed by atoms with Crippen LogP contribution in [0.1, 0.15) is 45.2 Å². The summed E-state index contributed by atoms with van der Waals surface area (Å²) >= 11 is 1.65. The van der Waals surface area contributed by atoms with E-state index >= 15 is 0 Å². The molecule has 2 rings (SSSR count). The number of aromatic nitrogens is 1. The molecule has 0 bridgehead atoms. The van der Waals surface area contributed by atoms with Crippen LogP contribution in [0, 0.1) is 0 Å². The molecule has 2 heterocycles.